The standard InChI is InChI=1S/C19H21N3/c1-3-22(4-2)16-12-9-15(10-13-16)11-14-19-20-17-7-5-6-8-18(17)21-19/h5-14H,3-4H2,1-2H3,(H,20,21)/b14-11-. The lowest BCUT2D eigenvalue weighted by Gasteiger charge is -2.20. The maximum absolute atomic E-state index is 4.55. The molecule has 1 aromatic heterocycles. The van der Waals surface area contributed by atoms with Gasteiger partial charge in [-0.05, 0) is 49.8 Å². The van der Waals surface area contributed by atoms with E-state index in [2.05, 4.69) is 59.1 Å². The average molecular weight is 291 g/mol. The molecule has 112 valence electrons. The normalized spacial score (nSPS) is 11.4. The molecule has 0 saturated heterocycles. The Morgan fingerprint density at radius 3 is 2.36 bits per heavy atom. The van der Waals surface area contributed by atoms with Gasteiger partial charge in [0.15, 0.2) is 0 Å². The van der Waals surface area contributed by atoms with Crippen LogP contribution < -0.4 is 4.90 Å². The minimum Gasteiger partial charge on any atom is -0.372 e. The molecule has 0 saturated carbocycles. The second-order valence-electron chi connectivity index (χ2n) is 5.24. The number of rotatable bonds is 5. The summed E-state index contributed by atoms with van der Waals surface area (Å²) in [6.45, 7) is 6.42. The first-order chi connectivity index (χ1) is 10.8. The molecule has 3 nitrogen and oxygen atoms in total. The second kappa shape index (κ2) is 6.48. The van der Waals surface area contributed by atoms with Crippen molar-refractivity contribution in [1.82, 2.24) is 9.97 Å². The molecule has 0 fully saturated rings. The Kier molecular flexibility index (Phi) is 4.24. The average Bonchev–Trinajstić information content (AvgIpc) is 2.98. The first kappa shape index (κ1) is 14.4. The van der Waals surface area contributed by atoms with Crippen molar-refractivity contribution in [3.05, 3.63) is 59.9 Å². The summed E-state index contributed by atoms with van der Waals surface area (Å²) >= 11 is 0. The van der Waals surface area contributed by atoms with Crippen molar-refractivity contribution < 1.29 is 0 Å². The fourth-order valence-corrected chi connectivity index (χ4v) is 2.61. The highest BCUT2D eigenvalue weighted by Gasteiger charge is 2.01. The SMILES string of the molecule is CCN(CC)c1ccc(/C=C\c2nc3ccccc3[nH]2)cc1. The fraction of sp³-hybridized carbons (Fsp3) is 0.211. The third-order valence-electron chi connectivity index (χ3n) is 3.86. The van der Waals surface area contributed by atoms with Crippen molar-refractivity contribution in [3.8, 4) is 0 Å². The largest absolute Gasteiger partial charge is 0.372 e. The van der Waals surface area contributed by atoms with Crippen LogP contribution in [0.3, 0.4) is 0 Å². The number of para-hydroxylation sites is 2. The van der Waals surface area contributed by atoms with Gasteiger partial charge in [0.1, 0.15) is 5.82 Å². The van der Waals surface area contributed by atoms with E-state index in [1.165, 1.54) is 11.3 Å². The van der Waals surface area contributed by atoms with E-state index in [1.54, 1.807) is 0 Å². The van der Waals surface area contributed by atoms with Gasteiger partial charge in [-0.25, -0.2) is 4.98 Å². The molecule has 3 aromatic rings. The maximum Gasteiger partial charge on any atom is 0.131 e. The van der Waals surface area contributed by atoms with Gasteiger partial charge in [-0.2, -0.15) is 0 Å². The molecule has 1 heterocycles. The predicted octanol–water partition coefficient (Wildman–Crippen LogP) is 4.58. The molecule has 0 aliphatic rings. The number of nitrogens with one attached hydrogen (secondary N) is 1. The number of benzene rings is 2. The summed E-state index contributed by atoms with van der Waals surface area (Å²) in [7, 11) is 0. The third-order valence-corrected chi connectivity index (χ3v) is 3.86. The molecule has 2 aromatic carbocycles. The van der Waals surface area contributed by atoms with Crippen LogP contribution in [0.5, 0.6) is 0 Å². The van der Waals surface area contributed by atoms with Crippen molar-refractivity contribution in [3.63, 3.8) is 0 Å². The van der Waals surface area contributed by atoms with E-state index in [0.717, 1.165) is 29.9 Å². The highest BCUT2D eigenvalue weighted by molar-refractivity contribution is 5.78. The lowest BCUT2D eigenvalue weighted by Crippen LogP contribution is -2.21. The number of nitrogens with zero attached hydrogens (tertiary/aromatic N) is 2. The zero-order chi connectivity index (χ0) is 15.4. The summed E-state index contributed by atoms with van der Waals surface area (Å²) < 4.78 is 0. The monoisotopic (exact) mass is 291 g/mol. The number of H-pyrrole nitrogens is 1. The Morgan fingerprint density at radius 1 is 0.955 bits per heavy atom. The van der Waals surface area contributed by atoms with Gasteiger partial charge in [-0.3, -0.25) is 0 Å². The number of imidazole rings is 1. The van der Waals surface area contributed by atoms with E-state index in [9.17, 15) is 0 Å². The molecular weight excluding hydrogens is 270 g/mol. The zero-order valence-corrected chi connectivity index (χ0v) is 13.1. The van der Waals surface area contributed by atoms with E-state index in [0.29, 0.717) is 0 Å². The summed E-state index contributed by atoms with van der Waals surface area (Å²) in [6, 6.07) is 16.7. The molecule has 3 heteroatoms. The van der Waals surface area contributed by atoms with E-state index in [1.807, 2.05) is 30.3 Å². The zero-order valence-electron chi connectivity index (χ0n) is 13.1. The number of aromatic amines is 1. The van der Waals surface area contributed by atoms with Crippen LogP contribution in [0, 0.1) is 0 Å². The van der Waals surface area contributed by atoms with Gasteiger partial charge >= 0.3 is 0 Å². The quantitative estimate of drug-likeness (QED) is 0.746. The van der Waals surface area contributed by atoms with Gasteiger partial charge in [-0.15, -0.1) is 0 Å². The van der Waals surface area contributed by atoms with Gasteiger partial charge in [-0.1, -0.05) is 30.3 Å². The number of hydrogen-bond acceptors (Lipinski definition) is 2. The van der Waals surface area contributed by atoms with Gasteiger partial charge in [0, 0.05) is 18.8 Å². The van der Waals surface area contributed by atoms with Crippen LogP contribution in [0.2, 0.25) is 0 Å². The molecule has 1 N–H and O–H groups in total. The number of anilines is 1. The molecule has 0 radical (unpaired) electrons. The Hall–Kier alpha value is -2.55. The van der Waals surface area contributed by atoms with Crippen molar-refractivity contribution in [2.75, 3.05) is 18.0 Å². The maximum atomic E-state index is 4.55. The third kappa shape index (κ3) is 3.03. The molecule has 0 spiro atoms. The van der Waals surface area contributed by atoms with Crippen LogP contribution >= 0.6 is 0 Å². The molecule has 3 rings (SSSR count). The lowest BCUT2D eigenvalue weighted by molar-refractivity contribution is 0.866. The summed E-state index contributed by atoms with van der Waals surface area (Å²) in [5, 5.41) is 0. The Labute approximate surface area is 131 Å². The van der Waals surface area contributed by atoms with Gasteiger partial charge in [0.25, 0.3) is 0 Å². The number of fused-ring (bicyclic) bond motifs is 1. The highest BCUT2D eigenvalue weighted by Crippen LogP contribution is 2.17. The van der Waals surface area contributed by atoms with E-state index < -0.39 is 0 Å². The van der Waals surface area contributed by atoms with E-state index in [4.69, 9.17) is 0 Å². The summed E-state index contributed by atoms with van der Waals surface area (Å²) in [4.78, 5) is 10.2. The van der Waals surface area contributed by atoms with Crippen LogP contribution in [0.1, 0.15) is 25.2 Å². The van der Waals surface area contributed by atoms with Crippen molar-refractivity contribution >= 4 is 28.9 Å². The Balaban J connectivity index is 1.77. The number of hydrogen-bond donors (Lipinski definition) is 1. The topological polar surface area (TPSA) is 31.9 Å². The van der Waals surface area contributed by atoms with Gasteiger partial charge in [0.2, 0.25) is 0 Å². The van der Waals surface area contributed by atoms with Crippen LogP contribution in [-0.4, -0.2) is 23.1 Å². The minimum atomic E-state index is 0.883. The van der Waals surface area contributed by atoms with E-state index >= 15 is 0 Å². The van der Waals surface area contributed by atoms with Crippen LogP contribution in [-0.2, 0) is 0 Å². The van der Waals surface area contributed by atoms with E-state index in [-0.39, 0.29) is 0 Å². The number of aromatic nitrogens is 2. The molecule has 22 heavy (non-hydrogen) atoms. The van der Waals surface area contributed by atoms with Crippen LogP contribution in [0.25, 0.3) is 23.2 Å². The van der Waals surface area contributed by atoms with Crippen LogP contribution in [0.4, 0.5) is 5.69 Å². The lowest BCUT2D eigenvalue weighted by atomic mass is 10.2. The molecule has 0 aliphatic heterocycles. The second-order valence-corrected chi connectivity index (χ2v) is 5.24. The van der Waals surface area contributed by atoms with Crippen molar-refractivity contribution in [2.24, 2.45) is 0 Å². The molecular formula is C19H21N3. The Bertz CT molecular complexity index is 732. The van der Waals surface area contributed by atoms with Crippen LogP contribution in [0.15, 0.2) is 48.5 Å². The van der Waals surface area contributed by atoms with Gasteiger partial charge < -0.3 is 9.88 Å². The van der Waals surface area contributed by atoms with Crippen molar-refractivity contribution in [1.29, 1.82) is 0 Å². The smallest absolute Gasteiger partial charge is 0.131 e. The Morgan fingerprint density at radius 2 is 1.68 bits per heavy atom. The van der Waals surface area contributed by atoms with Crippen molar-refractivity contribution in [2.45, 2.75) is 13.8 Å². The fourth-order valence-electron chi connectivity index (χ4n) is 2.61. The molecule has 0 aliphatic carbocycles. The molecule has 0 amide bonds. The molecule has 0 bridgehead atoms. The summed E-state index contributed by atoms with van der Waals surface area (Å²) in [5.41, 5.74) is 4.51. The van der Waals surface area contributed by atoms with Gasteiger partial charge in [0.05, 0.1) is 11.0 Å². The minimum absolute atomic E-state index is 0.883. The highest BCUT2D eigenvalue weighted by atomic mass is 15.1. The molecule has 0 atom stereocenters. The molecule has 0 unspecified atom stereocenters. The summed E-state index contributed by atoms with van der Waals surface area (Å²) in [5.74, 6) is 0.883. The first-order valence-corrected chi connectivity index (χ1v) is 7.78. The summed E-state index contributed by atoms with van der Waals surface area (Å²) in [6.07, 6.45) is 4.11. The predicted molar refractivity (Wildman–Crippen MR) is 95.0 cm³/mol. The first-order valence-electron chi connectivity index (χ1n) is 7.78.